The molecule has 2 aromatic carbocycles. The van der Waals surface area contributed by atoms with Crippen molar-refractivity contribution in [1.29, 1.82) is 0 Å². The minimum atomic E-state index is -0.882. The molecule has 0 aromatic heterocycles. The molecule has 0 bridgehead atoms. The normalized spacial score (nSPS) is 11.5. The number of nitro benzene ring substituents is 1. The smallest absolute Gasteiger partial charge is 0.328 e. The summed E-state index contributed by atoms with van der Waals surface area (Å²) < 4.78 is 5.19. The molecular formula is C18H18N2O5S. The third-order valence-electron chi connectivity index (χ3n) is 3.56. The van der Waals surface area contributed by atoms with Gasteiger partial charge in [0.05, 0.1) is 4.92 Å². The third kappa shape index (κ3) is 5.32. The van der Waals surface area contributed by atoms with Gasteiger partial charge in [-0.3, -0.25) is 14.9 Å². The Hall–Kier alpha value is -2.87. The fourth-order valence-corrected chi connectivity index (χ4v) is 2.51. The van der Waals surface area contributed by atoms with Gasteiger partial charge in [-0.05, 0) is 36.9 Å². The highest BCUT2D eigenvalue weighted by molar-refractivity contribution is 7.98. The summed E-state index contributed by atoms with van der Waals surface area (Å²) in [7, 11) is 0. The van der Waals surface area contributed by atoms with Crippen LogP contribution in [0.5, 0.6) is 0 Å². The SMILES string of the molecule is CSc1ccc(COC(=O)[C@H](C)NC(=O)c2cccc([N+](=O)[O-])c2)cc1. The van der Waals surface area contributed by atoms with Crippen LogP contribution in [0.2, 0.25) is 0 Å². The average molecular weight is 374 g/mol. The first-order chi connectivity index (χ1) is 12.4. The molecule has 136 valence electrons. The molecule has 0 aliphatic rings. The molecule has 26 heavy (non-hydrogen) atoms. The van der Waals surface area contributed by atoms with Crippen LogP contribution in [0.4, 0.5) is 5.69 Å². The van der Waals surface area contributed by atoms with Gasteiger partial charge in [0.25, 0.3) is 11.6 Å². The molecule has 0 aliphatic carbocycles. The number of carbonyl (C=O) groups excluding carboxylic acids is 2. The van der Waals surface area contributed by atoms with E-state index in [2.05, 4.69) is 5.32 Å². The highest BCUT2D eigenvalue weighted by atomic mass is 32.2. The maximum absolute atomic E-state index is 12.1. The number of esters is 1. The first-order valence-electron chi connectivity index (χ1n) is 7.75. The number of hydrogen-bond donors (Lipinski definition) is 1. The topological polar surface area (TPSA) is 98.5 Å². The van der Waals surface area contributed by atoms with E-state index in [0.717, 1.165) is 16.5 Å². The van der Waals surface area contributed by atoms with Gasteiger partial charge in [-0.2, -0.15) is 0 Å². The minimum absolute atomic E-state index is 0.102. The van der Waals surface area contributed by atoms with Crippen molar-refractivity contribution in [3.8, 4) is 0 Å². The van der Waals surface area contributed by atoms with Crippen LogP contribution in [0.15, 0.2) is 53.4 Å². The number of hydrogen-bond acceptors (Lipinski definition) is 6. The molecule has 0 saturated heterocycles. The van der Waals surface area contributed by atoms with Crippen molar-refractivity contribution in [2.24, 2.45) is 0 Å². The van der Waals surface area contributed by atoms with E-state index in [0.29, 0.717) is 0 Å². The van der Waals surface area contributed by atoms with Gasteiger partial charge < -0.3 is 10.1 Å². The Morgan fingerprint density at radius 2 is 1.92 bits per heavy atom. The summed E-state index contributed by atoms with van der Waals surface area (Å²) in [6.45, 7) is 1.60. The molecule has 0 fully saturated rings. The van der Waals surface area contributed by atoms with Crippen LogP contribution in [0, 0.1) is 10.1 Å². The average Bonchev–Trinajstić information content (AvgIpc) is 2.66. The largest absolute Gasteiger partial charge is 0.459 e. The number of nitro groups is 1. The molecule has 0 spiro atoms. The van der Waals surface area contributed by atoms with Crippen molar-refractivity contribution >= 4 is 29.3 Å². The van der Waals surface area contributed by atoms with Gasteiger partial charge in [0.1, 0.15) is 12.6 Å². The van der Waals surface area contributed by atoms with E-state index in [-0.39, 0.29) is 17.9 Å². The molecule has 1 amide bonds. The number of benzene rings is 2. The molecule has 0 aliphatic heterocycles. The number of nitrogens with zero attached hydrogens (tertiary/aromatic N) is 1. The number of ether oxygens (including phenoxy) is 1. The zero-order valence-electron chi connectivity index (χ0n) is 14.3. The van der Waals surface area contributed by atoms with Crippen LogP contribution in [0.1, 0.15) is 22.8 Å². The van der Waals surface area contributed by atoms with Crippen LogP contribution in [-0.4, -0.2) is 29.1 Å². The van der Waals surface area contributed by atoms with Gasteiger partial charge >= 0.3 is 5.97 Å². The predicted octanol–water partition coefficient (Wildman–Crippen LogP) is 3.18. The van der Waals surface area contributed by atoms with Crippen LogP contribution in [-0.2, 0) is 16.1 Å². The Morgan fingerprint density at radius 1 is 1.23 bits per heavy atom. The number of non-ortho nitro benzene ring substituents is 1. The maximum Gasteiger partial charge on any atom is 0.328 e. The van der Waals surface area contributed by atoms with E-state index in [1.54, 1.807) is 11.8 Å². The van der Waals surface area contributed by atoms with Crippen LogP contribution < -0.4 is 5.32 Å². The second kappa shape index (κ2) is 9.00. The van der Waals surface area contributed by atoms with Gasteiger partial charge in [-0.25, -0.2) is 4.79 Å². The number of thioether (sulfide) groups is 1. The summed E-state index contributed by atoms with van der Waals surface area (Å²) in [6.07, 6.45) is 1.97. The zero-order chi connectivity index (χ0) is 19.1. The van der Waals surface area contributed by atoms with E-state index >= 15 is 0 Å². The summed E-state index contributed by atoms with van der Waals surface area (Å²) in [4.78, 5) is 35.5. The lowest BCUT2D eigenvalue weighted by atomic mass is 10.2. The molecule has 2 aromatic rings. The van der Waals surface area contributed by atoms with Crippen molar-refractivity contribution in [2.75, 3.05) is 6.26 Å². The number of nitrogens with one attached hydrogen (secondary N) is 1. The molecule has 8 heteroatoms. The van der Waals surface area contributed by atoms with Gasteiger partial charge in [-0.1, -0.05) is 18.2 Å². The summed E-state index contributed by atoms with van der Waals surface area (Å²) in [6, 6.07) is 12.0. The predicted molar refractivity (Wildman–Crippen MR) is 98.0 cm³/mol. The van der Waals surface area contributed by atoms with E-state index in [4.69, 9.17) is 4.74 Å². The van der Waals surface area contributed by atoms with Crippen LogP contribution in [0.3, 0.4) is 0 Å². The van der Waals surface area contributed by atoms with E-state index < -0.39 is 22.8 Å². The lowest BCUT2D eigenvalue weighted by molar-refractivity contribution is -0.384. The van der Waals surface area contributed by atoms with E-state index in [1.165, 1.54) is 25.1 Å². The van der Waals surface area contributed by atoms with Crippen molar-refractivity contribution in [3.63, 3.8) is 0 Å². The maximum atomic E-state index is 12.1. The first kappa shape index (κ1) is 19.5. The van der Waals surface area contributed by atoms with Crippen molar-refractivity contribution in [1.82, 2.24) is 5.32 Å². The Kier molecular flexibility index (Phi) is 6.74. The monoisotopic (exact) mass is 374 g/mol. The Balaban J connectivity index is 1.90. The molecule has 0 saturated carbocycles. The highest BCUT2D eigenvalue weighted by Crippen LogP contribution is 2.16. The first-order valence-corrected chi connectivity index (χ1v) is 8.98. The van der Waals surface area contributed by atoms with Gasteiger partial charge in [-0.15, -0.1) is 11.8 Å². The fraction of sp³-hybridized carbons (Fsp3) is 0.222. The van der Waals surface area contributed by atoms with Crippen LogP contribution >= 0.6 is 11.8 Å². The quantitative estimate of drug-likeness (QED) is 0.346. The van der Waals surface area contributed by atoms with Gasteiger partial charge in [0.2, 0.25) is 0 Å². The standard InChI is InChI=1S/C18H18N2O5S/c1-12(18(22)25-11-13-6-8-16(26-2)9-7-13)19-17(21)14-4-3-5-15(10-14)20(23)24/h3-10,12H,11H2,1-2H3,(H,19,21)/t12-/m0/s1. The molecule has 7 nitrogen and oxygen atoms in total. The summed E-state index contributed by atoms with van der Waals surface area (Å²) in [5.74, 6) is -1.17. The molecular weight excluding hydrogens is 356 g/mol. The van der Waals surface area contributed by atoms with Crippen molar-refractivity contribution in [3.05, 3.63) is 69.8 Å². The second-order valence-corrected chi connectivity index (χ2v) is 6.34. The molecule has 1 atom stereocenters. The third-order valence-corrected chi connectivity index (χ3v) is 4.30. The minimum Gasteiger partial charge on any atom is -0.459 e. The number of carbonyl (C=O) groups is 2. The Morgan fingerprint density at radius 3 is 2.54 bits per heavy atom. The summed E-state index contributed by atoms with van der Waals surface area (Å²) in [5, 5.41) is 13.2. The lowest BCUT2D eigenvalue weighted by Gasteiger charge is -2.13. The summed E-state index contributed by atoms with van der Waals surface area (Å²) >= 11 is 1.62. The zero-order valence-corrected chi connectivity index (χ0v) is 15.1. The van der Waals surface area contributed by atoms with E-state index in [9.17, 15) is 19.7 Å². The molecule has 1 N–H and O–H groups in total. The Labute approximate surface area is 154 Å². The number of rotatable bonds is 7. The molecule has 0 unspecified atom stereocenters. The van der Waals surface area contributed by atoms with Crippen LogP contribution in [0.25, 0.3) is 0 Å². The molecule has 0 heterocycles. The van der Waals surface area contributed by atoms with Gasteiger partial charge in [0.15, 0.2) is 0 Å². The number of amides is 1. The highest BCUT2D eigenvalue weighted by Gasteiger charge is 2.19. The van der Waals surface area contributed by atoms with E-state index in [1.807, 2.05) is 30.5 Å². The molecule has 2 rings (SSSR count). The lowest BCUT2D eigenvalue weighted by Crippen LogP contribution is -2.39. The van der Waals surface area contributed by atoms with Crippen molar-refractivity contribution < 1.29 is 19.2 Å². The Bertz CT molecular complexity index is 807. The van der Waals surface area contributed by atoms with Gasteiger partial charge in [0, 0.05) is 22.6 Å². The summed E-state index contributed by atoms with van der Waals surface area (Å²) in [5.41, 5.74) is 0.751. The molecule has 0 radical (unpaired) electrons. The van der Waals surface area contributed by atoms with Crippen molar-refractivity contribution in [2.45, 2.75) is 24.5 Å². The fourth-order valence-electron chi connectivity index (χ4n) is 2.10. The second-order valence-electron chi connectivity index (χ2n) is 5.46.